The maximum atomic E-state index is 14.0. The van der Waals surface area contributed by atoms with Crippen molar-refractivity contribution >= 4 is 23.3 Å². The summed E-state index contributed by atoms with van der Waals surface area (Å²) in [5.41, 5.74) is 2.66. The van der Waals surface area contributed by atoms with Gasteiger partial charge in [-0.2, -0.15) is 0 Å². The van der Waals surface area contributed by atoms with E-state index in [4.69, 9.17) is 18.6 Å². The molecule has 3 aliphatic heterocycles. The summed E-state index contributed by atoms with van der Waals surface area (Å²) < 4.78 is 19.3. The minimum atomic E-state index is -1.18. The van der Waals surface area contributed by atoms with E-state index in [1.54, 1.807) is 27.9 Å². The second kappa shape index (κ2) is 11.6. The van der Waals surface area contributed by atoms with Gasteiger partial charge in [0.1, 0.15) is 29.6 Å². The molecular formula is C36H39N5O7. The number of ketones is 1. The smallest absolute Gasteiger partial charge is 0.275 e. The molecule has 7 rings (SSSR count). The Morgan fingerprint density at radius 1 is 1.06 bits per heavy atom. The fourth-order valence-corrected chi connectivity index (χ4v) is 7.01. The summed E-state index contributed by atoms with van der Waals surface area (Å²) in [7, 11) is 3.26. The van der Waals surface area contributed by atoms with Crippen LogP contribution in [0, 0.1) is 17.8 Å². The monoisotopic (exact) mass is 653 g/mol. The Bertz CT molecular complexity index is 1930. The van der Waals surface area contributed by atoms with Crippen molar-refractivity contribution in [2.45, 2.75) is 64.3 Å². The van der Waals surface area contributed by atoms with Crippen LogP contribution in [-0.2, 0) is 21.4 Å². The standard InChI is InChI=1S/C36H39N5O7/c1-17(2)27-33-40-28(32-37-24(16-46-32)34(45)41(5)6)30(48-33)36-21-9-7-8-10-23(21)38-35(36)47-26-12-11-19(14-22(26)36)13-20(31(44)39-27)15-25(42)29(43)18(3)4/h7-12,14,16-18,20,27,29,35,38,43H,13,15H2,1-6H3,(H,39,44)/t20?,27-,29-,35-,36?/m0/s1. The van der Waals surface area contributed by atoms with Gasteiger partial charge >= 0.3 is 0 Å². The van der Waals surface area contributed by atoms with E-state index in [-0.39, 0.29) is 65.4 Å². The molecule has 0 saturated heterocycles. The fraction of sp³-hybridized carbons (Fsp3) is 0.417. The fourth-order valence-electron chi connectivity index (χ4n) is 7.01. The number of aliphatic hydroxyl groups excluding tert-OH is 1. The summed E-state index contributed by atoms with van der Waals surface area (Å²) >= 11 is 0. The third-order valence-corrected chi connectivity index (χ3v) is 9.57. The molecule has 0 saturated carbocycles. The van der Waals surface area contributed by atoms with E-state index in [1.807, 2.05) is 56.3 Å². The summed E-state index contributed by atoms with van der Waals surface area (Å²) in [6, 6.07) is 12.9. The van der Waals surface area contributed by atoms with Gasteiger partial charge in [-0.15, -0.1) is 0 Å². The molecule has 12 heteroatoms. The molecule has 1 spiro atoms. The summed E-state index contributed by atoms with van der Waals surface area (Å²) in [5, 5.41) is 17.2. The molecule has 4 bridgehead atoms. The zero-order valence-corrected chi connectivity index (χ0v) is 27.7. The number of carbonyl (C=O) groups is 3. The Kier molecular flexibility index (Phi) is 7.66. The molecule has 48 heavy (non-hydrogen) atoms. The van der Waals surface area contributed by atoms with Crippen molar-refractivity contribution in [3.05, 3.63) is 82.8 Å². The summed E-state index contributed by atoms with van der Waals surface area (Å²) in [5.74, 6) is -0.990. The van der Waals surface area contributed by atoms with Crippen LogP contribution in [0.2, 0.25) is 0 Å². The highest BCUT2D eigenvalue weighted by molar-refractivity contribution is 5.92. The van der Waals surface area contributed by atoms with Gasteiger partial charge in [0.15, 0.2) is 29.2 Å². The van der Waals surface area contributed by atoms with Gasteiger partial charge < -0.3 is 34.2 Å². The number of nitrogens with one attached hydrogen (secondary N) is 2. The predicted molar refractivity (Wildman–Crippen MR) is 174 cm³/mol. The van der Waals surface area contributed by atoms with Crippen molar-refractivity contribution in [1.82, 2.24) is 20.2 Å². The van der Waals surface area contributed by atoms with Crippen LogP contribution in [-0.4, -0.2) is 64.0 Å². The van der Waals surface area contributed by atoms with Gasteiger partial charge in [-0.25, -0.2) is 9.97 Å². The second-order valence-corrected chi connectivity index (χ2v) is 13.8. The highest BCUT2D eigenvalue weighted by Gasteiger charge is 2.61. The molecule has 2 unspecified atom stereocenters. The number of carbonyl (C=O) groups excluding carboxylic acids is 3. The first-order chi connectivity index (χ1) is 22.9. The van der Waals surface area contributed by atoms with Crippen molar-refractivity contribution in [1.29, 1.82) is 0 Å². The number of amides is 2. The summed E-state index contributed by atoms with van der Waals surface area (Å²) in [6.07, 6.45) is -0.396. The number of Topliss-reactive ketones (excluding diaryl/α,β-unsaturated/α-hetero) is 1. The van der Waals surface area contributed by atoms with Crippen molar-refractivity contribution in [3.63, 3.8) is 0 Å². The van der Waals surface area contributed by atoms with E-state index in [2.05, 4.69) is 15.6 Å². The number of aliphatic hydroxyl groups is 1. The Labute approximate surface area is 277 Å². The zero-order valence-electron chi connectivity index (χ0n) is 27.7. The van der Waals surface area contributed by atoms with Gasteiger partial charge in [0.05, 0.1) is 0 Å². The molecular weight excluding hydrogens is 614 g/mol. The van der Waals surface area contributed by atoms with E-state index >= 15 is 0 Å². The largest absolute Gasteiger partial charge is 0.469 e. The van der Waals surface area contributed by atoms with Crippen LogP contribution in [0.5, 0.6) is 5.75 Å². The number of para-hydroxylation sites is 1. The molecule has 250 valence electrons. The molecule has 3 aliphatic rings. The van der Waals surface area contributed by atoms with E-state index in [0.717, 1.165) is 22.4 Å². The van der Waals surface area contributed by atoms with Gasteiger partial charge in [-0.3, -0.25) is 14.4 Å². The van der Waals surface area contributed by atoms with Crippen LogP contribution in [0.1, 0.15) is 79.0 Å². The minimum absolute atomic E-state index is 0.0853. The van der Waals surface area contributed by atoms with Crippen molar-refractivity contribution < 1.29 is 33.1 Å². The minimum Gasteiger partial charge on any atom is -0.469 e. The lowest BCUT2D eigenvalue weighted by Crippen LogP contribution is -2.41. The van der Waals surface area contributed by atoms with E-state index in [9.17, 15) is 19.5 Å². The zero-order chi connectivity index (χ0) is 34.1. The summed E-state index contributed by atoms with van der Waals surface area (Å²) in [6.45, 7) is 7.42. The van der Waals surface area contributed by atoms with Gasteiger partial charge in [-0.05, 0) is 41.5 Å². The molecule has 12 nitrogen and oxygen atoms in total. The predicted octanol–water partition coefficient (Wildman–Crippen LogP) is 4.47. The maximum Gasteiger partial charge on any atom is 0.275 e. The number of fused-ring (bicyclic) bond motifs is 4. The van der Waals surface area contributed by atoms with E-state index in [1.165, 1.54) is 11.2 Å². The number of benzene rings is 2. The molecule has 2 aromatic carbocycles. The maximum absolute atomic E-state index is 14.0. The third kappa shape index (κ3) is 4.88. The molecule has 2 amide bonds. The van der Waals surface area contributed by atoms with Crippen LogP contribution in [0.15, 0.2) is 57.6 Å². The van der Waals surface area contributed by atoms with Gasteiger partial charge in [0.2, 0.25) is 17.7 Å². The number of rotatable bonds is 7. The number of oxazole rings is 2. The van der Waals surface area contributed by atoms with E-state index in [0.29, 0.717) is 11.5 Å². The average Bonchev–Trinajstić information content (AvgIpc) is 3.83. The van der Waals surface area contributed by atoms with Crippen LogP contribution in [0.25, 0.3) is 11.6 Å². The Morgan fingerprint density at radius 2 is 1.83 bits per heavy atom. The highest BCUT2D eigenvalue weighted by atomic mass is 16.5. The van der Waals surface area contributed by atoms with Gasteiger partial charge in [0, 0.05) is 37.7 Å². The van der Waals surface area contributed by atoms with Crippen LogP contribution < -0.4 is 15.4 Å². The normalized spacial score (nSPS) is 22.9. The quantitative estimate of drug-likeness (QED) is 0.260. The second-order valence-electron chi connectivity index (χ2n) is 13.8. The van der Waals surface area contributed by atoms with Crippen LogP contribution in [0.3, 0.4) is 0 Å². The van der Waals surface area contributed by atoms with Crippen LogP contribution >= 0.6 is 0 Å². The van der Waals surface area contributed by atoms with Crippen molar-refractivity contribution in [3.8, 4) is 17.3 Å². The average molecular weight is 654 g/mol. The number of ether oxygens (including phenoxy) is 1. The Morgan fingerprint density at radius 3 is 2.56 bits per heavy atom. The number of anilines is 1. The number of hydrogen-bond donors (Lipinski definition) is 3. The molecule has 0 fully saturated rings. The highest BCUT2D eigenvalue weighted by Crippen LogP contribution is 2.59. The third-order valence-electron chi connectivity index (χ3n) is 9.57. The molecule has 5 heterocycles. The Hall–Kier alpha value is -4.97. The molecule has 4 aromatic rings. The van der Waals surface area contributed by atoms with Crippen LogP contribution in [0.4, 0.5) is 5.69 Å². The lowest BCUT2D eigenvalue weighted by atomic mass is 9.72. The number of aromatic nitrogens is 2. The van der Waals surface area contributed by atoms with E-state index < -0.39 is 29.7 Å². The van der Waals surface area contributed by atoms with Crippen molar-refractivity contribution in [2.75, 3.05) is 19.4 Å². The number of nitrogens with zero attached hydrogens (tertiary/aromatic N) is 3. The molecule has 0 radical (unpaired) electrons. The SMILES string of the molecule is CC(C)[C@H](O)C(=O)CC1Cc2ccc3c(c2)C2(c4ccccc4N[C@H]2O3)c2oc(nc2-c2nc(C(=O)N(C)C)co2)[C@H](C(C)C)NC1=O. The van der Waals surface area contributed by atoms with Gasteiger partial charge in [-0.1, -0.05) is 58.0 Å². The first-order valence-corrected chi connectivity index (χ1v) is 16.3. The number of hydrogen-bond acceptors (Lipinski definition) is 10. The van der Waals surface area contributed by atoms with Crippen molar-refractivity contribution in [2.24, 2.45) is 17.8 Å². The molecule has 5 atom stereocenters. The topological polar surface area (TPSA) is 160 Å². The molecule has 0 aliphatic carbocycles. The first kappa shape index (κ1) is 31.6. The van der Waals surface area contributed by atoms with Gasteiger partial charge in [0.25, 0.3) is 5.91 Å². The molecule has 3 N–H and O–H groups in total. The first-order valence-electron chi connectivity index (χ1n) is 16.3. The lowest BCUT2D eigenvalue weighted by molar-refractivity contribution is -0.135. The lowest BCUT2D eigenvalue weighted by Gasteiger charge is -2.28. The summed E-state index contributed by atoms with van der Waals surface area (Å²) in [4.78, 5) is 51.0. The molecule has 2 aromatic heterocycles. The Balaban J connectivity index is 1.47.